The fourth-order valence-electron chi connectivity index (χ4n) is 2.59. The lowest BCUT2D eigenvalue weighted by atomic mass is 10.2. The van der Waals surface area contributed by atoms with Gasteiger partial charge in [0.05, 0.1) is 34.5 Å². The van der Waals surface area contributed by atoms with Gasteiger partial charge in [0.2, 0.25) is 11.8 Å². The highest BCUT2D eigenvalue weighted by atomic mass is 35.5. The summed E-state index contributed by atoms with van der Waals surface area (Å²) < 4.78 is 40.0. The second kappa shape index (κ2) is 10.9. The molecule has 0 saturated heterocycles. The predicted octanol–water partition coefficient (Wildman–Crippen LogP) is 5.35. The van der Waals surface area contributed by atoms with Crippen molar-refractivity contribution in [3.05, 3.63) is 56.8 Å². The Labute approximate surface area is 186 Å². The molecule has 2 aromatic rings. The standard InChI is InChI=1S/C19H17Cl3F3N3O2/c1-2-5-28(8-15(29)26-14-4-3-13(23)17(24)18(14)25)9-16(30)27-19-11(21)6-10(20)7-12(19)22/h3-4,6-7H,2,5,8-9H2,1H3,(H,26,29)(H,27,30). The largest absolute Gasteiger partial charge is 0.322 e. The molecular weight excluding hydrogens is 466 g/mol. The van der Waals surface area contributed by atoms with Gasteiger partial charge in [-0.25, -0.2) is 13.2 Å². The quantitative estimate of drug-likeness (QED) is 0.499. The number of nitrogens with one attached hydrogen (secondary N) is 2. The Morgan fingerprint density at radius 1 is 0.933 bits per heavy atom. The van der Waals surface area contributed by atoms with E-state index >= 15 is 0 Å². The van der Waals surface area contributed by atoms with Crippen molar-refractivity contribution in [2.24, 2.45) is 0 Å². The number of carbonyl (C=O) groups excluding carboxylic acids is 2. The molecule has 11 heteroatoms. The average Bonchev–Trinajstić information content (AvgIpc) is 2.65. The highest BCUT2D eigenvalue weighted by Gasteiger charge is 2.19. The number of anilines is 2. The third-order valence-corrected chi connectivity index (χ3v) is 4.67. The van der Waals surface area contributed by atoms with Crippen molar-refractivity contribution in [1.29, 1.82) is 0 Å². The third-order valence-electron chi connectivity index (χ3n) is 3.85. The van der Waals surface area contributed by atoms with Gasteiger partial charge in [-0.3, -0.25) is 14.5 Å². The van der Waals surface area contributed by atoms with Crippen LogP contribution in [0.1, 0.15) is 13.3 Å². The summed E-state index contributed by atoms with van der Waals surface area (Å²) in [6.45, 7) is 1.71. The number of nitrogens with zero attached hydrogens (tertiary/aromatic N) is 1. The molecular formula is C19H17Cl3F3N3O2. The molecule has 0 bridgehead atoms. The maximum absolute atomic E-state index is 13.7. The van der Waals surface area contributed by atoms with Crippen molar-refractivity contribution in [2.45, 2.75) is 13.3 Å². The van der Waals surface area contributed by atoms with Gasteiger partial charge in [0.15, 0.2) is 17.5 Å². The van der Waals surface area contributed by atoms with Gasteiger partial charge in [0.1, 0.15) is 0 Å². The summed E-state index contributed by atoms with van der Waals surface area (Å²) in [7, 11) is 0. The summed E-state index contributed by atoms with van der Waals surface area (Å²) >= 11 is 17.9. The number of carbonyl (C=O) groups is 2. The molecule has 0 radical (unpaired) electrons. The van der Waals surface area contributed by atoms with Gasteiger partial charge in [0.25, 0.3) is 0 Å². The van der Waals surface area contributed by atoms with Gasteiger partial charge >= 0.3 is 0 Å². The molecule has 2 aromatic carbocycles. The first kappa shape index (κ1) is 24.3. The summed E-state index contributed by atoms with van der Waals surface area (Å²) in [5, 5.41) is 5.32. The van der Waals surface area contributed by atoms with Crippen molar-refractivity contribution < 1.29 is 22.8 Å². The van der Waals surface area contributed by atoms with Crippen molar-refractivity contribution in [3.8, 4) is 0 Å². The van der Waals surface area contributed by atoms with Gasteiger partial charge in [0, 0.05) is 5.02 Å². The lowest BCUT2D eigenvalue weighted by molar-refractivity contribution is -0.120. The molecule has 30 heavy (non-hydrogen) atoms. The molecule has 0 fully saturated rings. The highest BCUT2D eigenvalue weighted by Crippen LogP contribution is 2.33. The van der Waals surface area contributed by atoms with E-state index in [1.54, 1.807) is 0 Å². The highest BCUT2D eigenvalue weighted by molar-refractivity contribution is 6.42. The second-order valence-corrected chi connectivity index (χ2v) is 7.53. The number of rotatable bonds is 8. The van der Waals surface area contributed by atoms with Crippen molar-refractivity contribution >= 4 is 58.0 Å². The molecule has 2 rings (SSSR count). The van der Waals surface area contributed by atoms with Crippen LogP contribution < -0.4 is 10.6 Å². The van der Waals surface area contributed by atoms with E-state index in [0.717, 1.165) is 6.07 Å². The lowest BCUT2D eigenvalue weighted by Crippen LogP contribution is -2.39. The van der Waals surface area contributed by atoms with Crippen LogP contribution in [0.2, 0.25) is 15.1 Å². The summed E-state index contributed by atoms with van der Waals surface area (Å²) in [5.41, 5.74) is -0.322. The topological polar surface area (TPSA) is 61.4 Å². The molecule has 0 aromatic heterocycles. The number of benzene rings is 2. The molecule has 0 unspecified atom stereocenters. The summed E-state index contributed by atoms with van der Waals surface area (Å²) in [5.74, 6) is -5.76. The van der Waals surface area contributed by atoms with Crippen molar-refractivity contribution in [2.75, 3.05) is 30.3 Å². The van der Waals surface area contributed by atoms with E-state index in [0.29, 0.717) is 24.1 Å². The van der Waals surface area contributed by atoms with Crippen molar-refractivity contribution in [3.63, 3.8) is 0 Å². The first-order valence-corrected chi connectivity index (χ1v) is 9.85. The van der Waals surface area contributed by atoms with Crippen LogP contribution in [0.25, 0.3) is 0 Å². The van der Waals surface area contributed by atoms with Crippen LogP contribution in [0.4, 0.5) is 24.5 Å². The molecule has 0 saturated carbocycles. The monoisotopic (exact) mass is 481 g/mol. The van der Waals surface area contributed by atoms with E-state index in [-0.39, 0.29) is 28.8 Å². The van der Waals surface area contributed by atoms with Crippen LogP contribution in [-0.4, -0.2) is 36.3 Å². The molecule has 5 nitrogen and oxygen atoms in total. The molecule has 0 aliphatic heterocycles. The van der Waals surface area contributed by atoms with Crippen LogP contribution >= 0.6 is 34.8 Å². The Morgan fingerprint density at radius 2 is 1.50 bits per heavy atom. The van der Waals surface area contributed by atoms with Gasteiger partial charge in [-0.2, -0.15) is 0 Å². The van der Waals surface area contributed by atoms with Gasteiger partial charge in [-0.05, 0) is 37.2 Å². The predicted molar refractivity (Wildman–Crippen MR) is 112 cm³/mol. The van der Waals surface area contributed by atoms with Gasteiger partial charge in [-0.15, -0.1) is 0 Å². The van der Waals surface area contributed by atoms with E-state index in [4.69, 9.17) is 34.8 Å². The molecule has 0 heterocycles. The Bertz CT molecular complexity index is 937. The first-order chi connectivity index (χ1) is 14.1. The van der Waals surface area contributed by atoms with E-state index in [2.05, 4.69) is 10.6 Å². The number of hydrogen-bond acceptors (Lipinski definition) is 3. The minimum absolute atomic E-state index is 0.148. The Morgan fingerprint density at radius 3 is 2.07 bits per heavy atom. The SMILES string of the molecule is CCCN(CC(=O)Nc1ccc(F)c(F)c1F)CC(=O)Nc1c(Cl)cc(Cl)cc1Cl. The molecule has 2 N–H and O–H groups in total. The fraction of sp³-hybridized carbons (Fsp3) is 0.263. The first-order valence-electron chi connectivity index (χ1n) is 8.72. The summed E-state index contributed by atoms with van der Waals surface area (Å²) in [6.07, 6.45) is 0.614. The summed E-state index contributed by atoms with van der Waals surface area (Å²) in [4.78, 5) is 26.1. The molecule has 0 aliphatic carbocycles. The maximum Gasteiger partial charge on any atom is 0.238 e. The number of hydrogen-bond donors (Lipinski definition) is 2. The van der Waals surface area contributed by atoms with E-state index < -0.39 is 35.0 Å². The maximum atomic E-state index is 13.7. The zero-order chi connectivity index (χ0) is 22.4. The van der Waals surface area contributed by atoms with E-state index in [9.17, 15) is 22.8 Å². The molecule has 0 spiro atoms. The number of halogens is 6. The Hall–Kier alpha value is -2.00. The molecule has 0 aliphatic rings. The number of amides is 2. The van der Waals surface area contributed by atoms with Gasteiger partial charge < -0.3 is 10.6 Å². The average molecular weight is 483 g/mol. The molecule has 162 valence electrons. The van der Waals surface area contributed by atoms with Crippen LogP contribution in [-0.2, 0) is 9.59 Å². The molecule has 0 atom stereocenters. The van der Waals surface area contributed by atoms with Crippen molar-refractivity contribution in [1.82, 2.24) is 4.90 Å². The minimum Gasteiger partial charge on any atom is -0.322 e. The lowest BCUT2D eigenvalue weighted by Gasteiger charge is -2.21. The minimum atomic E-state index is -1.69. The normalized spacial score (nSPS) is 10.9. The Balaban J connectivity index is 2.03. The fourth-order valence-corrected chi connectivity index (χ4v) is 3.50. The van der Waals surface area contributed by atoms with Crippen LogP contribution in [0.3, 0.4) is 0 Å². The zero-order valence-corrected chi connectivity index (χ0v) is 17.9. The zero-order valence-electron chi connectivity index (χ0n) is 15.7. The summed E-state index contributed by atoms with van der Waals surface area (Å²) in [6, 6.07) is 4.44. The van der Waals surface area contributed by atoms with E-state index in [1.807, 2.05) is 6.92 Å². The van der Waals surface area contributed by atoms with Crippen LogP contribution in [0.15, 0.2) is 24.3 Å². The smallest absolute Gasteiger partial charge is 0.238 e. The van der Waals surface area contributed by atoms with Crippen LogP contribution in [0.5, 0.6) is 0 Å². The molecule has 2 amide bonds. The van der Waals surface area contributed by atoms with Crippen LogP contribution in [0, 0.1) is 17.5 Å². The second-order valence-electron chi connectivity index (χ2n) is 6.27. The third kappa shape index (κ3) is 6.50. The van der Waals surface area contributed by atoms with Gasteiger partial charge in [-0.1, -0.05) is 41.7 Å². The van der Waals surface area contributed by atoms with E-state index in [1.165, 1.54) is 17.0 Å². The Kier molecular flexibility index (Phi) is 8.78.